The number of unbranched alkanes of at least 4 members (excludes halogenated alkanes) is 13. The molecule has 0 aliphatic carbocycles. The fourth-order valence-corrected chi connectivity index (χ4v) is 7.16. The van der Waals surface area contributed by atoms with Gasteiger partial charge in [-0.3, -0.25) is 14.4 Å². The lowest BCUT2D eigenvalue weighted by Gasteiger charge is -2.18. The topological polar surface area (TPSA) is 78.9 Å². The Morgan fingerprint density at radius 2 is 0.562 bits per heavy atom. The van der Waals surface area contributed by atoms with Gasteiger partial charge in [-0.05, 0) is 141 Å². The van der Waals surface area contributed by atoms with Crippen LogP contribution in [0.15, 0.2) is 158 Å². The van der Waals surface area contributed by atoms with E-state index in [2.05, 4.69) is 167 Å². The monoisotopic (exact) mass is 1000 g/mol. The van der Waals surface area contributed by atoms with Crippen molar-refractivity contribution in [2.24, 2.45) is 0 Å². The second-order valence-electron chi connectivity index (χ2n) is 18.5. The Balaban J connectivity index is 4.64. The third kappa shape index (κ3) is 57.8. The predicted molar refractivity (Wildman–Crippen MR) is 315 cm³/mol. The van der Waals surface area contributed by atoms with Gasteiger partial charge in [-0.2, -0.15) is 0 Å². The van der Waals surface area contributed by atoms with Crippen molar-refractivity contribution < 1.29 is 28.6 Å². The van der Waals surface area contributed by atoms with Gasteiger partial charge in [0, 0.05) is 19.3 Å². The summed E-state index contributed by atoms with van der Waals surface area (Å²) in [6, 6.07) is 0. The lowest BCUT2D eigenvalue weighted by Crippen LogP contribution is -2.30. The molecule has 0 heterocycles. The molecule has 6 heteroatoms. The third-order valence-corrected chi connectivity index (χ3v) is 11.5. The molecule has 0 spiro atoms. The molecule has 0 amide bonds. The minimum atomic E-state index is -0.844. The van der Waals surface area contributed by atoms with Crippen LogP contribution < -0.4 is 0 Å². The molecule has 0 saturated carbocycles. The molecule has 0 aromatic carbocycles. The molecule has 408 valence electrons. The molecular formula is C67H104O6. The molecule has 0 aromatic rings. The molecule has 0 N–H and O–H groups in total. The summed E-state index contributed by atoms with van der Waals surface area (Å²) in [5, 5.41) is 0. The largest absolute Gasteiger partial charge is 0.462 e. The number of hydrogen-bond acceptors (Lipinski definition) is 6. The molecule has 6 nitrogen and oxygen atoms in total. The van der Waals surface area contributed by atoms with Gasteiger partial charge in [0.2, 0.25) is 0 Å². The van der Waals surface area contributed by atoms with Gasteiger partial charge in [-0.25, -0.2) is 0 Å². The van der Waals surface area contributed by atoms with Gasteiger partial charge in [-0.1, -0.05) is 224 Å². The zero-order valence-electron chi connectivity index (χ0n) is 46.6. The van der Waals surface area contributed by atoms with E-state index in [0.29, 0.717) is 19.3 Å². The molecule has 0 fully saturated rings. The zero-order chi connectivity index (χ0) is 52.9. The standard InChI is InChI=1S/C67H104O6/c1-4-7-10-13-16-19-22-25-28-31-33-36-39-42-45-48-51-54-57-60-66(69)72-63-64(62-71-65(68)59-56-53-50-47-44-41-38-35-30-27-24-21-18-15-12-9-6-3)73-67(70)61-58-55-52-49-46-43-40-37-34-32-29-26-23-20-17-14-11-8-5-2/h9,12,16-21,25-30,33-34,36-38,41-43,45-46,51,54,64H,4-8,10-11,13-15,22-24,31-32,35,39-40,44,47-50,52-53,55-63H2,1-3H3/b12-9-,19-16-,20-17-,21-18-,28-25-,29-26-,30-27-,36-33-,37-34-,41-38-,45-42-,46-43-,54-51-/t64-/m1/s1. The van der Waals surface area contributed by atoms with Crippen LogP contribution in [0.3, 0.4) is 0 Å². The first-order valence-corrected chi connectivity index (χ1v) is 29.0. The van der Waals surface area contributed by atoms with Crippen molar-refractivity contribution in [3.8, 4) is 0 Å². The first kappa shape index (κ1) is 68.0. The Kier molecular flexibility index (Phi) is 55.5. The lowest BCUT2D eigenvalue weighted by molar-refractivity contribution is -0.166. The number of esters is 3. The molecule has 0 bridgehead atoms. The number of allylic oxidation sites excluding steroid dienone is 26. The van der Waals surface area contributed by atoms with E-state index >= 15 is 0 Å². The zero-order valence-corrected chi connectivity index (χ0v) is 46.6. The molecule has 1 atom stereocenters. The van der Waals surface area contributed by atoms with Crippen molar-refractivity contribution in [1.29, 1.82) is 0 Å². The molecule has 0 aliphatic heterocycles. The van der Waals surface area contributed by atoms with Gasteiger partial charge < -0.3 is 14.2 Å². The Labute approximate surface area is 448 Å². The first-order valence-electron chi connectivity index (χ1n) is 29.0. The van der Waals surface area contributed by atoms with Crippen molar-refractivity contribution in [3.05, 3.63) is 158 Å². The van der Waals surface area contributed by atoms with E-state index in [0.717, 1.165) is 122 Å². The van der Waals surface area contributed by atoms with Gasteiger partial charge in [0.05, 0.1) is 0 Å². The van der Waals surface area contributed by atoms with Crippen LogP contribution in [0.25, 0.3) is 0 Å². The molecule has 0 rings (SSSR count). The minimum absolute atomic E-state index is 0.134. The first-order chi connectivity index (χ1) is 36.0. The number of ether oxygens (including phenoxy) is 3. The van der Waals surface area contributed by atoms with Crippen molar-refractivity contribution >= 4 is 17.9 Å². The van der Waals surface area contributed by atoms with Gasteiger partial charge in [0.25, 0.3) is 0 Å². The van der Waals surface area contributed by atoms with E-state index in [1.165, 1.54) is 51.4 Å². The smallest absolute Gasteiger partial charge is 0.306 e. The highest BCUT2D eigenvalue weighted by Crippen LogP contribution is 2.11. The van der Waals surface area contributed by atoms with Crippen molar-refractivity contribution in [2.45, 2.75) is 232 Å². The number of carbonyl (C=O) groups excluding carboxylic acids is 3. The summed E-state index contributed by atoms with van der Waals surface area (Å²) >= 11 is 0. The predicted octanol–water partition coefficient (Wildman–Crippen LogP) is 19.8. The molecule has 0 saturated heterocycles. The molecular weight excluding hydrogens is 901 g/mol. The SMILES string of the molecule is CC/C=C\C/C=C\C/C=C\C/C=C\CCCCCCC(=O)OC[C@H](COC(=O)CC/C=C\C/C=C\C/C=C\C/C=C\C/C=C\CCCCC)OC(=O)CCCCC/C=C\C/C=C\C/C=C\C/C=C\CCCCC. The number of carbonyl (C=O) groups is 3. The summed E-state index contributed by atoms with van der Waals surface area (Å²) in [5.74, 6) is -1.08. The maximum absolute atomic E-state index is 12.9. The average molecular weight is 1010 g/mol. The Morgan fingerprint density at radius 1 is 0.288 bits per heavy atom. The third-order valence-electron chi connectivity index (χ3n) is 11.5. The molecule has 0 aliphatic rings. The maximum atomic E-state index is 12.9. The Hall–Kier alpha value is -4.97. The van der Waals surface area contributed by atoms with Crippen LogP contribution in [0.1, 0.15) is 226 Å². The van der Waals surface area contributed by atoms with Crippen LogP contribution in [0, 0.1) is 0 Å². The van der Waals surface area contributed by atoms with Gasteiger partial charge in [0.1, 0.15) is 13.2 Å². The molecule has 0 aromatic heterocycles. The number of rotatable bonds is 50. The average Bonchev–Trinajstić information content (AvgIpc) is 3.39. The summed E-state index contributed by atoms with van der Waals surface area (Å²) in [7, 11) is 0. The van der Waals surface area contributed by atoms with E-state index in [-0.39, 0.29) is 44.0 Å². The fourth-order valence-electron chi connectivity index (χ4n) is 7.16. The van der Waals surface area contributed by atoms with Crippen LogP contribution in [-0.2, 0) is 28.6 Å². The second kappa shape index (κ2) is 59.6. The van der Waals surface area contributed by atoms with E-state index in [1.807, 2.05) is 12.2 Å². The van der Waals surface area contributed by atoms with Crippen LogP contribution >= 0.6 is 0 Å². The van der Waals surface area contributed by atoms with E-state index in [1.54, 1.807) is 0 Å². The highest BCUT2D eigenvalue weighted by Gasteiger charge is 2.19. The summed E-state index contributed by atoms with van der Waals surface area (Å²) in [6.45, 7) is 6.34. The second-order valence-corrected chi connectivity index (χ2v) is 18.5. The normalized spacial score (nSPS) is 13.3. The van der Waals surface area contributed by atoms with Crippen LogP contribution in [-0.4, -0.2) is 37.2 Å². The summed E-state index contributed by atoms with van der Waals surface area (Å²) < 4.78 is 16.8. The van der Waals surface area contributed by atoms with Crippen molar-refractivity contribution in [2.75, 3.05) is 13.2 Å². The van der Waals surface area contributed by atoms with E-state index in [9.17, 15) is 14.4 Å². The molecule has 0 radical (unpaired) electrons. The Morgan fingerprint density at radius 3 is 0.918 bits per heavy atom. The van der Waals surface area contributed by atoms with E-state index in [4.69, 9.17) is 14.2 Å². The fraction of sp³-hybridized carbons (Fsp3) is 0.567. The lowest BCUT2D eigenvalue weighted by atomic mass is 10.1. The van der Waals surface area contributed by atoms with Gasteiger partial charge >= 0.3 is 17.9 Å². The van der Waals surface area contributed by atoms with Crippen molar-refractivity contribution in [3.63, 3.8) is 0 Å². The summed E-state index contributed by atoms with van der Waals surface area (Å²) in [4.78, 5) is 38.2. The quantitative estimate of drug-likeness (QED) is 0.0261. The van der Waals surface area contributed by atoms with Crippen LogP contribution in [0.4, 0.5) is 0 Å². The van der Waals surface area contributed by atoms with E-state index < -0.39 is 6.10 Å². The highest BCUT2D eigenvalue weighted by molar-refractivity contribution is 5.71. The molecule has 0 unspecified atom stereocenters. The summed E-state index contributed by atoms with van der Waals surface area (Å²) in [6.07, 6.45) is 86.7. The van der Waals surface area contributed by atoms with Crippen LogP contribution in [0.5, 0.6) is 0 Å². The van der Waals surface area contributed by atoms with Crippen LogP contribution in [0.2, 0.25) is 0 Å². The number of hydrogen-bond donors (Lipinski definition) is 0. The Bertz CT molecular complexity index is 1670. The highest BCUT2D eigenvalue weighted by atomic mass is 16.6. The minimum Gasteiger partial charge on any atom is -0.462 e. The van der Waals surface area contributed by atoms with Gasteiger partial charge in [-0.15, -0.1) is 0 Å². The molecule has 73 heavy (non-hydrogen) atoms. The van der Waals surface area contributed by atoms with Crippen molar-refractivity contribution in [1.82, 2.24) is 0 Å². The maximum Gasteiger partial charge on any atom is 0.306 e. The summed E-state index contributed by atoms with van der Waals surface area (Å²) in [5.41, 5.74) is 0. The van der Waals surface area contributed by atoms with Gasteiger partial charge in [0.15, 0.2) is 6.10 Å².